The number of aromatic nitrogens is 2. The zero-order chi connectivity index (χ0) is 19.9. The quantitative estimate of drug-likeness (QED) is 0.673. The van der Waals surface area contributed by atoms with Gasteiger partial charge in [0.2, 0.25) is 0 Å². The Kier molecular flexibility index (Phi) is 4.94. The predicted octanol–water partition coefficient (Wildman–Crippen LogP) is 4.50. The van der Waals surface area contributed by atoms with Crippen LogP contribution in [0.5, 0.6) is 0 Å². The van der Waals surface area contributed by atoms with Gasteiger partial charge in [-0.2, -0.15) is 0 Å². The molecule has 156 valence electrons. The third-order valence-corrected chi connectivity index (χ3v) is 7.95. The van der Waals surface area contributed by atoms with E-state index in [9.17, 15) is 0 Å². The van der Waals surface area contributed by atoms with Crippen LogP contribution >= 0.6 is 11.3 Å². The molecule has 2 aromatic heterocycles. The van der Waals surface area contributed by atoms with Crippen LogP contribution in [0.4, 0.5) is 5.82 Å². The molecule has 6 heteroatoms. The molecule has 1 atom stereocenters. The van der Waals surface area contributed by atoms with Crippen molar-refractivity contribution in [2.24, 2.45) is 0 Å². The van der Waals surface area contributed by atoms with Gasteiger partial charge in [0, 0.05) is 18.0 Å². The van der Waals surface area contributed by atoms with Crippen LogP contribution < -0.4 is 5.32 Å². The van der Waals surface area contributed by atoms with Gasteiger partial charge in [0.15, 0.2) is 0 Å². The van der Waals surface area contributed by atoms with Crippen molar-refractivity contribution in [2.45, 2.75) is 51.1 Å². The van der Waals surface area contributed by atoms with Crippen molar-refractivity contribution in [3.05, 3.63) is 51.7 Å². The molecule has 1 aromatic carbocycles. The molecule has 3 heterocycles. The highest BCUT2D eigenvalue weighted by molar-refractivity contribution is 7.19. The van der Waals surface area contributed by atoms with E-state index in [4.69, 9.17) is 14.7 Å². The third kappa shape index (κ3) is 3.41. The molecule has 1 unspecified atom stereocenters. The van der Waals surface area contributed by atoms with Gasteiger partial charge in [0.1, 0.15) is 16.5 Å². The van der Waals surface area contributed by atoms with Gasteiger partial charge >= 0.3 is 0 Å². The summed E-state index contributed by atoms with van der Waals surface area (Å²) in [7, 11) is 0. The summed E-state index contributed by atoms with van der Waals surface area (Å²) in [6, 6.07) is 9.24. The molecule has 0 radical (unpaired) electrons. The second kappa shape index (κ2) is 7.91. The number of hydrogen-bond donors (Lipinski definition) is 1. The molecule has 1 fully saturated rings. The van der Waals surface area contributed by atoms with E-state index in [1.807, 2.05) is 11.3 Å². The highest BCUT2D eigenvalue weighted by Gasteiger charge is 2.26. The second-order valence-corrected chi connectivity index (χ2v) is 9.79. The van der Waals surface area contributed by atoms with Gasteiger partial charge in [-0.1, -0.05) is 24.3 Å². The molecule has 5 nitrogen and oxygen atoms in total. The first-order valence-corrected chi connectivity index (χ1v) is 12.1. The average molecular weight is 421 g/mol. The van der Waals surface area contributed by atoms with E-state index in [1.54, 1.807) is 0 Å². The molecule has 2 aliphatic carbocycles. The highest BCUT2D eigenvalue weighted by Crippen LogP contribution is 2.41. The largest absolute Gasteiger partial charge is 0.379 e. The van der Waals surface area contributed by atoms with Crippen LogP contribution in [0.2, 0.25) is 0 Å². The smallest absolute Gasteiger partial charge is 0.146 e. The molecule has 0 spiro atoms. The van der Waals surface area contributed by atoms with E-state index in [0.29, 0.717) is 6.04 Å². The monoisotopic (exact) mass is 420 g/mol. The summed E-state index contributed by atoms with van der Waals surface area (Å²) in [4.78, 5) is 15.2. The molecular weight excluding hydrogens is 392 g/mol. The third-order valence-electron chi connectivity index (χ3n) is 6.76. The van der Waals surface area contributed by atoms with E-state index in [1.165, 1.54) is 57.5 Å². The number of fused-ring (bicyclic) bond motifs is 4. The fourth-order valence-corrected chi connectivity index (χ4v) is 6.52. The Hall–Kier alpha value is -2.02. The lowest BCUT2D eigenvalue weighted by atomic mass is 9.87. The fraction of sp³-hybridized carbons (Fsp3) is 0.500. The van der Waals surface area contributed by atoms with E-state index >= 15 is 0 Å². The number of rotatable bonds is 4. The topological polar surface area (TPSA) is 50.3 Å². The van der Waals surface area contributed by atoms with Crippen LogP contribution in [0.25, 0.3) is 10.2 Å². The summed E-state index contributed by atoms with van der Waals surface area (Å²) in [5.74, 6) is 2.00. The molecule has 3 aliphatic rings. The number of nitrogens with one attached hydrogen (secondary N) is 1. The Morgan fingerprint density at radius 1 is 1.07 bits per heavy atom. The van der Waals surface area contributed by atoms with Crippen molar-refractivity contribution < 1.29 is 4.74 Å². The number of hydrogen-bond acceptors (Lipinski definition) is 6. The lowest BCUT2D eigenvalue weighted by Gasteiger charge is -2.28. The summed E-state index contributed by atoms with van der Waals surface area (Å²) in [5, 5.41) is 5.18. The molecule has 0 amide bonds. The Bertz CT molecular complexity index is 1070. The number of aryl methyl sites for hydroxylation is 3. The van der Waals surface area contributed by atoms with Crippen molar-refractivity contribution in [2.75, 3.05) is 31.6 Å². The minimum Gasteiger partial charge on any atom is -0.379 e. The number of ether oxygens (including phenoxy) is 1. The minimum atomic E-state index is 0.334. The van der Waals surface area contributed by atoms with Crippen molar-refractivity contribution in [1.82, 2.24) is 14.9 Å². The molecule has 0 saturated carbocycles. The summed E-state index contributed by atoms with van der Waals surface area (Å²) in [5.41, 5.74) is 4.42. The Balaban J connectivity index is 1.39. The standard InChI is InChI=1S/C24H28N4OS/c1-2-7-17-16(5-1)6-3-9-19(17)25-23-22-18-8-4-10-20(18)30-24(22)27-21(26-23)15-28-11-13-29-14-12-28/h1-2,5,7,19H,3-4,6,8-15H2,(H,25,26,27). The molecule has 1 N–H and O–H groups in total. The maximum absolute atomic E-state index is 5.51. The molecule has 1 aliphatic heterocycles. The maximum Gasteiger partial charge on any atom is 0.146 e. The van der Waals surface area contributed by atoms with Crippen LogP contribution in [0.1, 0.15) is 52.7 Å². The molecule has 3 aromatic rings. The molecule has 6 rings (SSSR count). The molecule has 1 saturated heterocycles. The second-order valence-electron chi connectivity index (χ2n) is 8.70. The predicted molar refractivity (Wildman–Crippen MR) is 121 cm³/mol. The number of benzene rings is 1. The Morgan fingerprint density at radius 3 is 2.90 bits per heavy atom. The number of morpholine rings is 1. The average Bonchev–Trinajstić information content (AvgIpc) is 3.36. The zero-order valence-corrected chi connectivity index (χ0v) is 18.1. The van der Waals surface area contributed by atoms with Crippen LogP contribution in [0.15, 0.2) is 24.3 Å². The van der Waals surface area contributed by atoms with Crippen molar-refractivity contribution in [3.63, 3.8) is 0 Å². The van der Waals surface area contributed by atoms with Crippen LogP contribution in [0.3, 0.4) is 0 Å². The van der Waals surface area contributed by atoms with Gasteiger partial charge in [0.25, 0.3) is 0 Å². The Morgan fingerprint density at radius 2 is 1.97 bits per heavy atom. The van der Waals surface area contributed by atoms with Gasteiger partial charge < -0.3 is 10.1 Å². The van der Waals surface area contributed by atoms with E-state index in [2.05, 4.69) is 34.5 Å². The van der Waals surface area contributed by atoms with Gasteiger partial charge in [-0.25, -0.2) is 9.97 Å². The summed E-state index contributed by atoms with van der Waals surface area (Å²) >= 11 is 1.89. The SMILES string of the molecule is c1ccc2c(c1)CCCC2Nc1nc(CN2CCOCC2)nc2sc3c(c12)CCC3. The number of anilines is 1. The van der Waals surface area contributed by atoms with Crippen LogP contribution in [-0.2, 0) is 30.5 Å². The first kappa shape index (κ1) is 18.7. The van der Waals surface area contributed by atoms with E-state index in [-0.39, 0.29) is 0 Å². The van der Waals surface area contributed by atoms with Crippen LogP contribution in [-0.4, -0.2) is 41.2 Å². The number of nitrogens with zero attached hydrogens (tertiary/aromatic N) is 3. The summed E-state index contributed by atoms with van der Waals surface area (Å²) < 4.78 is 5.51. The highest BCUT2D eigenvalue weighted by atomic mass is 32.1. The summed E-state index contributed by atoms with van der Waals surface area (Å²) in [6.07, 6.45) is 7.19. The van der Waals surface area contributed by atoms with Crippen molar-refractivity contribution >= 4 is 27.4 Å². The van der Waals surface area contributed by atoms with Gasteiger partial charge in [-0.05, 0) is 55.2 Å². The summed E-state index contributed by atoms with van der Waals surface area (Å²) in [6.45, 7) is 4.33. The number of thiophene rings is 1. The first-order chi connectivity index (χ1) is 14.8. The molecule has 0 bridgehead atoms. The van der Waals surface area contributed by atoms with Gasteiger partial charge in [-0.3, -0.25) is 4.90 Å². The first-order valence-electron chi connectivity index (χ1n) is 11.3. The van der Waals surface area contributed by atoms with E-state index < -0.39 is 0 Å². The van der Waals surface area contributed by atoms with Crippen LogP contribution in [0, 0.1) is 0 Å². The lowest BCUT2D eigenvalue weighted by Crippen LogP contribution is -2.36. The molecule has 30 heavy (non-hydrogen) atoms. The normalized spacial score (nSPS) is 21.5. The molecular formula is C24H28N4OS. The van der Waals surface area contributed by atoms with E-state index in [0.717, 1.165) is 57.3 Å². The minimum absolute atomic E-state index is 0.334. The van der Waals surface area contributed by atoms with Gasteiger partial charge in [-0.15, -0.1) is 11.3 Å². The fourth-order valence-electron chi connectivity index (χ4n) is 5.24. The van der Waals surface area contributed by atoms with Gasteiger partial charge in [0.05, 0.1) is 31.2 Å². The Labute approximate surface area is 181 Å². The van der Waals surface area contributed by atoms with Crippen molar-refractivity contribution in [3.8, 4) is 0 Å². The van der Waals surface area contributed by atoms with Crippen molar-refractivity contribution in [1.29, 1.82) is 0 Å². The lowest BCUT2D eigenvalue weighted by molar-refractivity contribution is 0.0331. The maximum atomic E-state index is 5.51. The zero-order valence-electron chi connectivity index (χ0n) is 17.3.